The molecule has 0 unspecified atom stereocenters. The molecule has 0 aliphatic carbocycles. The molecule has 0 bridgehead atoms. The van der Waals surface area contributed by atoms with Crippen LogP contribution in [0.25, 0.3) is 0 Å². The number of benzene rings is 2. The zero-order chi connectivity index (χ0) is 12.7. The Bertz CT molecular complexity index is 422. The van der Waals surface area contributed by atoms with Crippen molar-refractivity contribution in [3.63, 3.8) is 0 Å². The van der Waals surface area contributed by atoms with E-state index in [1.54, 1.807) is 7.16 Å². The first kappa shape index (κ1) is 14.6. The van der Waals surface area contributed by atoms with Crippen molar-refractivity contribution in [2.45, 2.75) is 13.8 Å². The van der Waals surface area contributed by atoms with Crippen LogP contribution in [-0.2, 0) is 0 Å². The molecule has 0 saturated heterocycles. The molecule has 0 atom stereocenters. The van der Waals surface area contributed by atoms with E-state index in [0.29, 0.717) is 0 Å². The maximum absolute atomic E-state index is 4.64. The van der Waals surface area contributed by atoms with E-state index < -0.39 is 21.1 Å². The summed E-state index contributed by atoms with van der Waals surface area (Å²) in [6, 6.07) is 17.6. The van der Waals surface area contributed by atoms with Gasteiger partial charge in [-0.25, -0.2) is 0 Å². The fourth-order valence-corrected chi connectivity index (χ4v) is 5.03. The van der Waals surface area contributed by atoms with E-state index in [2.05, 4.69) is 74.0 Å². The van der Waals surface area contributed by atoms with Crippen LogP contribution in [0.1, 0.15) is 11.1 Å². The second-order valence-corrected chi connectivity index (χ2v) is 7.54. The number of aryl methyl sites for hydroxylation is 2. The summed E-state index contributed by atoms with van der Waals surface area (Å²) in [5.41, 5.74) is 2.90. The van der Waals surface area contributed by atoms with Crippen molar-refractivity contribution < 1.29 is 0 Å². The molecule has 0 N–H and O–H groups in total. The first-order chi connectivity index (χ1) is 8.27. The third-order valence-electron chi connectivity index (χ3n) is 2.56. The number of hydrogen-bond acceptors (Lipinski definition) is 0. The van der Waals surface area contributed by atoms with E-state index in [1.807, 2.05) is 0 Å². The van der Waals surface area contributed by atoms with Crippen molar-refractivity contribution in [1.82, 2.24) is 0 Å². The van der Waals surface area contributed by atoms with Crippen molar-refractivity contribution >= 4 is 39.9 Å². The number of halogens is 1. The van der Waals surface area contributed by atoms with Crippen molar-refractivity contribution in [3.8, 4) is 0 Å². The van der Waals surface area contributed by atoms with E-state index >= 15 is 0 Å². The number of rotatable bonds is 2. The zero-order valence-corrected chi connectivity index (χ0v) is 14.1. The summed E-state index contributed by atoms with van der Waals surface area (Å²) in [4.78, 5) is 0. The van der Waals surface area contributed by atoms with E-state index in [9.17, 15) is 0 Å². The molecule has 2 aromatic rings. The third kappa shape index (κ3) is 4.36. The van der Waals surface area contributed by atoms with Crippen LogP contribution in [0.2, 0.25) is 0 Å². The summed E-state index contributed by atoms with van der Waals surface area (Å²) >= 11 is 4.05. The van der Waals surface area contributed by atoms with Gasteiger partial charge in [0.25, 0.3) is 0 Å². The first-order valence-corrected chi connectivity index (χ1v) is 9.14. The third-order valence-corrected chi connectivity index (χ3v) is 7.30. The summed E-state index contributed by atoms with van der Waals surface area (Å²) < 4.78 is 3.19. The van der Waals surface area contributed by atoms with Crippen molar-refractivity contribution in [2.75, 3.05) is 6.38 Å². The number of hydrogen-bond donors (Lipinski definition) is 0. The molecule has 0 aliphatic rings. The molecule has 0 saturated carbocycles. The molecule has 0 aromatic heterocycles. The van der Waals surface area contributed by atoms with Gasteiger partial charge in [0, 0.05) is 6.38 Å². The summed E-state index contributed by atoms with van der Waals surface area (Å²) in [6.07, 6.45) is 1.47. The van der Waals surface area contributed by atoms with Gasteiger partial charge in [-0.15, -0.1) is 11.6 Å². The van der Waals surface area contributed by atoms with Crippen molar-refractivity contribution in [2.24, 2.45) is 0 Å². The average Bonchev–Trinajstić information content (AvgIpc) is 2.37. The summed E-state index contributed by atoms with van der Waals surface area (Å²) in [5.74, 6) is 0. The standard InChI is InChI=1S/2C7H7.CH3Cl.Sn/c2*1-7-5-3-2-4-6-7;1-2;/h2*2-5H,1H3;1H3;. The Hall–Kier alpha value is -0.471. The Kier molecular flexibility index (Phi) is 6.67. The molecular weight excluding hydrogens is 334 g/mol. The van der Waals surface area contributed by atoms with Crippen LogP contribution >= 0.6 is 11.6 Å². The van der Waals surface area contributed by atoms with Gasteiger partial charge in [-0.05, 0) is 0 Å². The van der Waals surface area contributed by atoms with E-state index in [1.165, 1.54) is 17.5 Å². The van der Waals surface area contributed by atoms with Crippen LogP contribution < -0.4 is 7.16 Å². The van der Waals surface area contributed by atoms with Gasteiger partial charge in [0.05, 0.1) is 0 Å². The van der Waals surface area contributed by atoms with Crippen LogP contribution in [0.4, 0.5) is 0 Å². The summed E-state index contributed by atoms with van der Waals surface area (Å²) in [6.45, 7) is 4.43. The fraction of sp³-hybridized carbons (Fsp3) is 0.200. The topological polar surface area (TPSA) is 0 Å². The average molecular weight is 351 g/mol. The Morgan fingerprint density at radius 1 is 0.706 bits per heavy atom. The normalized spacial score (nSPS) is 9.41. The number of alkyl halides is 1. The van der Waals surface area contributed by atoms with Gasteiger partial charge in [-0.3, -0.25) is 0 Å². The summed E-state index contributed by atoms with van der Waals surface area (Å²) in [7, 11) is 0. The molecule has 0 spiro atoms. The molecule has 17 heavy (non-hydrogen) atoms. The van der Waals surface area contributed by atoms with E-state index in [4.69, 9.17) is 0 Å². The van der Waals surface area contributed by atoms with E-state index in [-0.39, 0.29) is 0 Å². The van der Waals surface area contributed by atoms with Gasteiger partial charge in [0.2, 0.25) is 0 Å². The second kappa shape index (κ2) is 7.78. The molecule has 0 amide bonds. The Balaban J connectivity index is 0.000000686. The van der Waals surface area contributed by atoms with Gasteiger partial charge < -0.3 is 0 Å². The molecule has 0 nitrogen and oxygen atoms in total. The van der Waals surface area contributed by atoms with Crippen molar-refractivity contribution in [3.05, 3.63) is 59.7 Å². The van der Waals surface area contributed by atoms with Gasteiger partial charge in [-0.1, -0.05) is 0 Å². The van der Waals surface area contributed by atoms with Crippen LogP contribution in [0.5, 0.6) is 0 Å². The molecule has 88 valence electrons. The van der Waals surface area contributed by atoms with Crippen LogP contribution in [-0.4, -0.2) is 27.5 Å². The molecule has 2 radical (unpaired) electrons. The molecule has 0 fully saturated rings. The molecule has 0 heterocycles. The quantitative estimate of drug-likeness (QED) is 0.577. The van der Waals surface area contributed by atoms with E-state index in [0.717, 1.165) is 0 Å². The van der Waals surface area contributed by atoms with Crippen LogP contribution in [0.3, 0.4) is 0 Å². The second-order valence-electron chi connectivity index (χ2n) is 3.75. The molecule has 2 heteroatoms. The monoisotopic (exact) mass is 352 g/mol. The molecule has 2 rings (SSSR count). The Morgan fingerprint density at radius 3 is 1.41 bits per heavy atom. The minimum absolute atomic E-state index is 0.591. The predicted molar refractivity (Wildman–Crippen MR) is 79.2 cm³/mol. The van der Waals surface area contributed by atoms with Crippen LogP contribution in [0.15, 0.2) is 48.5 Å². The van der Waals surface area contributed by atoms with Gasteiger partial charge in [0.15, 0.2) is 0 Å². The van der Waals surface area contributed by atoms with Gasteiger partial charge in [0.1, 0.15) is 0 Å². The first-order valence-electron chi connectivity index (χ1n) is 5.53. The Morgan fingerprint density at radius 2 is 1.06 bits per heavy atom. The molecule has 2 aromatic carbocycles. The maximum atomic E-state index is 4.64. The predicted octanol–water partition coefficient (Wildman–Crippen LogP) is 2.81. The van der Waals surface area contributed by atoms with Crippen LogP contribution in [0, 0.1) is 13.8 Å². The zero-order valence-electron chi connectivity index (χ0n) is 10.5. The van der Waals surface area contributed by atoms with Gasteiger partial charge >= 0.3 is 102 Å². The minimum atomic E-state index is -0.591. The molecule has 0 aliphatic heterocycles. The molecular formula is C15H17ClSn. The Labute approximate surface area is 119 Å². The SMILES string of the molecule is CCl.Cc1cccc[c]1[Sn][c]1ccccc1C. The fourth-order valence-electron chi connectivity index (χ4n) is 1.57. The van der Waals surface area contributed by atoms with Crippen molar-refractivity contribution in [1.29, 1.82) is 0 Å². The summed E-state index contributed by atoms with van der Waals surface area (Å²) in [5, 5.41) is 0. The van der Waals surface area contributed by atoms with Gasteiger partial charge in [-0.2, -0.15) is 0 Å².